The molecule has 4 aliphatic rings. The van der Waals surface area contributed by atoms with Crippen LogP contribution in [0.3, 0.4) is 0 Å². The van der Waals surface area contributed by atoms with Gasteiger partial charge in [0.25, 0.3) is 5.11 Å². The van der Waals surface area contributed by atoms with Crippen molar-refractivity contribution in [3.8, 4) is 0 Å². The van der Waals surface area contributed by atoms with Gasteiger partial charge in [0.05, 0.1) is 26.2 Å². The summed E-state index contributed by atoms with van der Waals surface area (Å²) in [6.07, 6.45) is 33.0. The molecular formula is C21H24N6S. The lowest BCUT2D eigenvalue weighted by Gasteiger charge is -2.49. The molecule has 0 aromatic rings. The van der Waals surface area contributed by atoms with Crippen molar-refractivity contribution in [2.45, 2.75) is 0 Å². The molecule has 0 aromatic carbocycles. The Morgan fingerprint density at radius 1 is 0.500 bits per heavy atom. The molecule has 0 aromatic heterocycles. The van der Waals surface area contributed by atoms with E-state index in [2.05, 4.69) is 93.4 Å². The summed E-state index contributed by atoms with van der Waals surface area (Å²) in [5.41, 5.74) is 0. The van der Waals surface area contributed by atoms with Gasteiger partial charge in [-0.05, 0) is 36.5 Å². The summed E-state index contributed by atoms with van der Waals surface area (Å²) in [5.74, 6) is 0. The number of nitrogens with zero attached hydrogens (tertiary/aromatic N) is 6. The van der Waals surface area contributed by atoms with Gasteiger partial charge in [-0.25, -0.2) is 0 Å². The first-order valence-corrected chi connectivity index (χ1v) is 9.79. The molecule has 4 rings (SSSR count). The Kier molecular flexibility index (Phi) is 5.63. The van der Waals surface area contributed by atoms with Gasteiger partial charge < -0.3 is 0 Å². The highest BCUT2D eigenvalue weighted by Gasteiger charge is 2.31. The summed E-state index contributed by atoms with van der Waals surface area (Å²) in [5, 5.41) is 13.2. The third-order valence-electron chi connectivity index (χ3n) is 4.51. The van der Waals surface area contributed by atoms with Crippen LogP contribution in [0.25, 0.3) is 0 Å². The third kappa shape index (κ3) is 3.89. The second-order valence-electron chi connectivity index (χ2n) is 6.43. The summed E-state index contributed by atoms with van der Waals surface area (Å²) < 4.78 is 0. The second-order valence-corrected chi connectivity index (χ2v) is 6.79. The van der Waals surface area contributed by atoms with Gasteiger partial charge >= 0.3 is 0 Å². The smallest absolute Gasteiger partial charge is 0.251 e. The minimum atomic E-state index is 0.666. The predicted octanol–water partition coefficient (Wildman–Crippen LogP) is 3.08. The Labute approximate surface area is 171 Å². The van der Waals surface area contributed by atoms with Gasteiger partial charge in [0.1, 0.15) is 0 Å². The summed E-state index contributed by atoms with van der Waals surface area (Å²) in [4.78, 5) is 0. The van der Waals surface area contributed by atoms with E-state index in [0.717, 1.165) is 26.2 Å². The molecule has 0 bridgehead atoms. The molecule has 0 saturated carbocycles. The highest BCUT2D eigenvalue weighted by atomic mass is 32.1. The molecule has 0 unspecified atom stereocenters. The summed E-state index contributed by atoms with van der Waals surface area (Å²) in [6, 6.07) is 0. The summed E-state index contributed by atoms with van der Waals surface area (Å²) >= 11 is 6.07. The maximum Gasteiger partial charge on any atom is 0.251 e. The molecule has 7 heteroatoms. The van der Waals surface area contributed by atoms with Gasteiger partial charge in [-0.1, -0.05) is 48.6 Å². The predicted molar refractivity (Wildman–Crippen MR) is 116 cm³/mol. The van der Waals surface area contributed by atoms with Crippen LogP contribution < -0.4 is 0 Å². The SMILES string of the molecule is S=C(N(N1C=CC=CC1)N1C=CC=CC1)N(N1C=CC=CC1)N1C=CC=CC1. The van der Waals surface area contributed by atoms with Crippen molar-refractivity contribution >= 4 is 17.3 Å². The van der Waals surface area contributed by atoms with Crippen molar-refractivity contribution in [2.75, 3.05) is 26.2 Å². The number of hydrazine groups is 4. The zero-order chi connectivity index (χ0) is 19.2. The van der Waals surface area contributed by atoms with Crippen LogP contribution in [0, 0.1) is 0 Å². The number of thiocarbonyl (C=S) groups is 1. The molecule has 0 fully saturated rings. The fourth-order valence-corrected chi connectivity index (χ4v) is 3.63. The molecule has 0 aliphatic carbocycles. The van der Waals surface area contributed by atoms with E-state index in [4.69, 9.17) is 12.2 Å². The van der Waals surface area contributed by atoms with E-state index in [-0.39, 0.29) is 0 Å². The monoisotopic (exact) mass is 392 g/mol. The van der Waals surface area contributed by atoms with E-state index in [0.29, 0.717) is 5.11 Å². The topological polar surface area (TPSA) is 19.4 Å². The fourth-order valence-electron chi connectivity index (χ4n) is 3.21. The second kappa shape index (κ2) is 8.67. The minimum absolute atomic E-state index is 0.666. The van der Waals surface area contributed by atoms with Crippen molar-refractivity contribution in [3.05, 3.63) is 97.7 Å². The molecule has 0 saturated heterocycles. The van der Waals surface area contributed by atoms with Crippen LogP contribution in [-0.4, -0.2) is 61.6 Å². The molecule has 0 N–H and O–H groups in total. The molecule has 0 radical (unpaired) electrons. The van der Waals surface area contributed by atoms with E-state index < -0.39 is 0 Å². The standard InChI is InChI=1S/C21H24N6S/c28-21(26(22-13-5-1-6-14-22)23-15-7-2-8-16-23)27(24-17-9-3-10-18-24)25-19-11-4-12-20-25/h1-13,15,17,19H,14,16,18,20H2. The van der Waals surface area contributed by atoms with Crippen molar-refractivity contribution in [1.29, 1.82) is 0 Å². The van der Waals surface area contributed by atoms with Crippen LogP contribution in [0.1, 0.15) is 0 Å². The van der Waals surface area contributed by atoms with Gasteiger partial charge in [0.2, 0.25) is 0 Å². The van der Waals surface area contributed by atoms with Crippen molar-refractivity contribution < 1.29 is 0 Å². The first-order valence-electron chi connectivity index (χ1n) is 9.38. The first kappa shape index (κ1) is 18.2. The molecule has 144 valence electrons. The summed E-state index contributed by atoms with van der Waals surface area (Å²) in [7, 11) is 0. The molecule has 0 amide bonds. The molecule has 6 nitrogen and oxygen atoms in total. The molecule has 0 spiro atoms. The quantitative estimate of drug-likeness (QED) is 0.676. The van der Waals surface area contributed by atoms with Crippen LogP contribution in [0.15, 0.2) is 97.7 Å². The lowest BCUT2D eigenvalue weighted by Crippen LogP contribution is -2.63. The highest BCUT2D eigenvalue weighted by Crippen LogP contribution is 2.20. The van der Waals surface area contributed by atoms with E-state index in [1.54, 1.807) is 0 Å². The van der Waals surface area contributed by atoms with Crippen molar-refractivity contribution in [3.63, 3.8) is 0 Å². The number of allylic oxidation sites excluding steroid dienone is 8. The first-order chi connectivity index (χ1) is 13.8. The maximum atomic E-state index is 6.07. The Bertz CT molecular complexity index is 693. The molecular weight excluding hydrogens is 368 g/mol. The van der Waals surface area contributed by atoms with Crippen LogP contribution in [-0.2, 0) is 0 Å². The number of rotatable bonds is 4. The minimum Gasteiger partial charge on any atom is -0.268 e. The van der Waals surface area contributed by atoms with Crippen molar-refractivity contribution in [2.24, 2.45) is 0 Å². The average molecular weight is 393 g/mol. The fraction of sp³-hybridized carbons (Fsp3) is 0.190. The third-order valence-corrected chi connectivity index (χ3v) is 4.83. The van der Waals surface area contributed by atoms with E-state index in [9.17, 15) is 0 Å². The lowest BCUT2D eigenvalue weighted by atomic mass is 10.4. The van der Waals surface area contributed by atoms with Crippen LogP contribution >= 0.6 is 12.2 Å². The molecule has 4 heterocycles. The van der Waals surface area contributed by atoms with Gasteiger partial charge in [-0.2, -0.15) is 10.2 Å². The Hall–Kier alpha value is -3.19. The Morgan fingerprint density at radius 3 is 1.00 bits per heavy atom. The molecule has 28 heavy (non-hydrogen) atoms. The van der Waals surface area contributed by atoms with Gasteiger partial charge in [0, 0.05) is 24.8 Å². The zero-order valence-electron chi connectivity index (χ0n) is 15.7. The van der Waals surface area contributed by atoms with Crippen LogP contribution in [0.2, 0.25) is 0 Å². The van der Waals surface area contributed by atoms with Gasteiger partial charge in [-0.3, -0.25) is 20.0 Å². The molecule has 4 aliphatic heterocycles. The Morgan fingerprint density at radius 2 is 0.786 bits per heavy atom. The van der Waals surface area contributed by atoms with E-state index in [1.807, 2.05) is 34.5 Å². The van der Waals surface area contributed by atoms with Gasteiger partial charge in [-0.15, -0.1) is 0 Å². The highest BCUT2D eigenvalue weighted by molar-refractivity contribution is 7.80. The lowest BCUT2D eigenvalue weighted by molar-refractivity contribution is -0.117. The molecule has 0 atom stereocenters. The van der Waals surface area contributed by atoms with Crippen LogP contribution in [0.4, 0.5) is 0 Å². The van der Waals surface area contributed by atoms with E-state index in [1.165, 1.54) is 0 Å². The summed E-state index contributed by atoms with van der Waals surface area (Å²) in [6.45, 7) is 3.02. The van der Waals surface area contributed by atoms with Gasteiger partial charge in [0.15, 0.2) is 0 Å². The zero-order valence-corrected chi connectivity index (χ0v) is 16.5. The van der Waals surface area contributed by atoms with Crippen LogP contribution in [0.5, 0.6) is 0 Å². The normalized spacial score (nSPS) is 19.7. The maximum absolute atomic E-state index is 6.07. The van der Waals surface area contributed by atoms with Crippen molar-refractivity contribution in [1.82, 2.24) is 30.3 Å². The Balaban J connectivity index is 1.66. The average Bonchev–Trinajstić information content (AvgIpc) is 2.77. The number of hydrogen-bond acceptors (Lipinski definition) is 5. The van der Waals surface area contributed by atoms with E-state index >= 15 is 0 Å². The largest absolute Gasteiger partial charge is 0.268 e. The number of hydrogen-bond donors (Lipinski definition) is 0.